The van der Waals surface area contributed by atoms with Crippen LogP contribution in [0.1, 0.15) is 28.9 Å². The number of carbonyl (C=O) groups excluding carboxylic acids is 1. The van der Waals surface area contributed by atoms with Crippen LogP contribution in [0.15, 0.2) is 70.9 Å². The molecule has 1 aliphatic heterocycles. The summed E-state index contributed by atoms with van der Waals surface area (Å²) in [7, 11) is -3.66. The first-order valence-corrected chi connectivity index (χ1v) is 12.2. The molecule has 0 bridgehead atoms. The quantitative estimate of drug-likeness (QED) is 0.569. The lowest BCUT2D eigenvalue weighted by molar-refractivity contribution is 0.102. The monoisotopic (exact) mass is 441 g/mol. The van der Waals surface area contributed by atoms with E-state index in [9.17, 15) is 13.2 Å². The molecule has 1 fully saturated rings. The zero-order valence-electron chi connectivity index (χ0n) is 16.4. The van der Waals surface area contributed by atoms with Crippen LogP contribution in [0.2, 0.25) is 0 Å². The third-order valence-corrected chi connectivity index (χ3v) is 7.96. The van der Waals surface area contributed by atoms with Gasteiger partial charge in [-0.2, -0.15) is 4.31 Å². The van der Waals surface area contributed by atoms with E-state index in [0.717, 1.165) is 42.0 Å². The summed E-state index contributed by atoms with van der Waals surface area (Å²) in [6.07, 6.45) is 2.75. The lowest BCUT2D eigenvalue weighted by Crippen LogP contribution is -2.36. The number of hydrogen-bond acceptors (Lipinski definition) is 5. The van der Waals surface area contributed by atoms with Crippen LogP contribution in [0.25, 0.3) is 0 Å². The van der Waals surface area contributed by atoms with Crippen molar-refractivity contribution in [1.29, 1.82) is 0 Å². The maximum Gasteiger partial charge on any atom is 0.267 e. The molecule has 8 heteroatoms. The molecule has 6 nitrogen and oxygen atoms in total. The van der Waals surface area contributed by atoms with Gasteiger partial charge in [-0.1, -0.05) is 24.6 Å². The standard InChI is InChI=1S/C22H23N3O3S2/c26-22(21-20(13-16-29-21)30(27,28)25-14-5-2-6-15-25)24-19-11-9-18(10-12-19)23-17-7-3-1-4-8-17/h1,3-4,7-13,16,23H,2,5-6,14-15H2,(H,24,26). The minimum absolute atomic E-state index is 0.0919. The Morgan fingerprint density at radius 1 is 0.833 bits per heavy atom. The summed E-state index contributed by atoms with van der Waals surface area (Å²) in [6, 6.07) is 18.6. The van der Waals surface area contributed by atoms with E-state index < -0.39 is 15.9 Å². The van der Waals surface area contributed by atoms with Crippen LogP contribution >= 0.6 is 11.3 Å². The second kappa shape index (κ2) is 8.99. The van der Waals surface area contributed by atoms with Crippen molar-refractivity contribution in [1.82, 2.24) is 4.31 Å². The van der Waals surface area contributed by atoms with E-state index in [2.05, 4.69) is 10.6 Å². The predicted octanol–water partition coefficient (Wildman–Crippen LogP) is 4.92. The molecule has 0 radical (unpaired) electrons. The number of carbonyl (C=O) groups is 1. The number of sulfonamides is 1. The molecule has 1 amide bonds. The van der Waals surface area contributed by atoms with Crippen molar-refractivity contribution >= 4 is 44.3 Å². The summed E-state index contributed by atoms with van der Waals surface area (Å²) >= 11 is 1.14. The van der Waals surface area contributed by atoms with Gasteiger partial charge in [0.1, 0.15) is 9.77 Å². The number of piperidine rings is 1. The van der Waals surface area contributed by atoms with Crippen LogP contribution in [0, 0.1) is 0 Å². The molecule has 0 saturated carbocycles. The van der Waals surface area contributed by atoms with Crippen LogP contribution in [-0.2, 0) is 10.0 Å². The molecule has 2 N–H and O–H groups in total. The van der Waals surface area contributed by atoms with Crippen molar-refractivity contribution in [2.45, 2.75) is 24.2 Å². The maximum absolute atomic E-state index is 13.0. The Bertz CT molecular complexity index is 1100. The third kappa shape index (κ3) is 4.56. The minimum atomic E-state index is -3.66. The first kappa shape index (κ1) is 20.6. The summed E-state index contributed by atoms with van der Waals surface area (Å²) in [5.41, 5.74) is 2.47. The van der Waals surface area contributed by atoms with Gasteiger partial charge in [-0.3, -0.25) is 4.79 Å². The normalized spacial score (nSPS) is 14.9. The van der Waals surface area contributed by atoms with Gasteiger partial charge < -0.3 is 10.6 Å². The molecule has 2 aromatic carbocycles. The van der Waals surface area contributed by atoms with Gasteiger partial charge in [0.25, 0.3) is 5.91 Å². The Balaban J connectivity index is 1.46. The fourth-order valence-corrected chi connectivity index (χ4v) is 6.24. The van der Waals surface area contributed by atoms with Crippen molar-refractivity contribution < 1.29 is 13.2 Å². The zero-order valence-corrected chi connectivity index (χ0v) is 18.0. The lowest BCUT2D eigenvalue weighted by atomic mass is 10.2. The number of thiophene rings is 1. The van der Waals surface area contributed by atoms with Crippen LogP contribution < -0.4 is 10.6 Å². The van der Waals surface area contributed by atoms with Crippen molar-refractivity contribution in [3.05, 3.63) is 70.9 Å². The molecular weight excluding hydrogens is 418 g/mol. The minimum Gasteiger partial charge on any atom is -0.356 e. The van der Waals surface area contributed by atoms with Crippen LogP contribution in [0.4, 0.5) is 17.1 Å². The molecule has 1 aromatic heterocycles. The Morgan fingerprint density at radius 2 is 1.47 bits per heavy atom. The van der Waals surface area contributed by atoms with Crippen molar-refractivity contribution in [2.24, 2.45) is 0 Å². The topological polar surface area (TPSA) is 78.5 Å². The molecule has 0 atom stereocenters. The molecule has 0 unspecified atom stereocenters. The maximum atomic E-state index is 13.0. The number of para-hydroxylation sites is 1. The number of hydrogen-bond donors (Lipinski definition) is 2. The van der Waals surface area contributed by atoms with Gasteiger partial charge in [0.2, 0.25) is 10.0 Å². The van der Waals surface area contributed by atoms with Crippen molar-refractivity contribution in [3.63, 3.8) is 0 Å². The number of nitrogens with zero attached hydrogens (tertiary/aromatic N) is 1. The van der Waals surface area contributed by atoms with Gasteiger partial charge in [0.15, 0.2) is 0 Å². The fraction of sp³-hybridized carbons (Fsp3) is 0.227. The Labute approximate surface area is 180 Å². The van der Waals surface area contributed by atoms with Crippen molar-refractivity contribution in [2.75, 3.05) is 23.7 Å². The smallest absolute Gasteiger partial charge is 0.267 e. The molecule has 0 aliphatic carbocycles. The highest BCUT2D eigenvalue weighted by Gasteiger charge is 2.31. The summed E-state index contributed by atoms with van der Waals surface area (Å²) in [5.74, 6) is -0.413. The SMILES string of the molecule is O=C(Nc1ccc(Nc2ccccc2)cc1)c1sccc1S(=O)(=O)N1CCCCC1. The average molecular weight is 442 g/mol. The van der Waals surface area contributed by atoms with E-state index in [1.54, 1.807) is 17.5 Å². The van der Waals surface area contributed by atoms with E-state index in [1.165, 1.54) is 10.4 Å². The first-order chi connectivity index (χ1) is 14.5. The van der Waals surface area contributed by atoms with E-state index in [4.69, 9.17) is 0 Å². The number of rotatable bonds is 6. The number of nitrogens with one attached hydrogen (secondary N) is 2. The van der Waals surface area contributed by atoms with Crippen LogP contribution in [-0.4, -0.2) is 31.7 Å². The Hall–Kier alpha value is -2.68. The van der Waals surface area contributed by atoms with Gasteiger partial charge in [0, 0.05) is 30.2 Å². The molecule has 0 spiro atoms. The summed E-state index contributed by atoms with van der Waals surface area (Å²) in [6.45, 7) is 1.02. The average Bonchev–Trinajstić information content (AvgIpc) is 3.28. The molecule has 3 aromatic rings. The van der Waals surface area contributed by atoms with E-state index >= 15 is 0 Å². The second-order valence-corrected chi connectivity index (χ2v) is 9.92. The fourth-order valence-electron chi connectivity index (χ4n) is 3.42. The zero-order chi connectivity index (χ0) is 21.0. The van der Waals surface area contributed by atoms with E-state index in [-0.39, 0.29) is 9.77 Å². The van der Waals surface area contributed by atoms with Crippen molar-refractivity contribution in [3.8, 4) is 0 Å². The van der Waals surface area contributed by atoms with Gasteiger partial charge in [-0.25, -0.2) is 8.42 Å². The van der Waals surface area contributed by atoms with E-state index in [0.29, 0.717) is 18.8 Å². The molecule has 156 valence electrons. The first-order valence-electron chi connectivity index (χ1n) is 9.85. The number of anilines is 3. The summed E-state index contributed by atoms with van der Waals surface area (Å²) in [4.78, 5) is 13.1. The second-order valence-electron chi connectivity index (χ2n) is 7.10. The molecule has 1 saturated heterocycles. The number of benzene rings is 2. The van der Waals surface area contributed by atoms with Crippen LogP contribution in [0.5, 0.6) is 0 Å². The number of amides is 1. The Kier molecular flexibility index (Phi) is 6.17. The molecule has 4 rings (SSSR count). The molecule has 1 aliphatic rings. The predicted molar refractivity (Wildman–Crippen MR) is 121 cm³/mol. The highest BCUT2D eigenvalue weighted by Crippen LogP contribution is 2.28. The molecular formula is C22H23N3O3S2. The third-order valence-electron chi connectivity index (χ3n) is 4.97. The molecule has 2 heterocycles. The van der Waals surface area contributed by atoms with E-state index in [1.807, 2.05) is 42.5 Å². The van der Waals surface area contributed by atoms with Gasteiger partial charge in [-0.15, -0.1) is 11.3 Å². The summed E-state index contributed by atoms with van der Waals surface area (Å²) in [5, 5.41) is 7.74. The van der Waals surface area contributed by atoms with Crippen LogP contribution in [0.3, 0.4) is 0 Å². The van der Waals surface area contributed by atoms with Gasteiger partial charge in [-0.05, 0) is 60.7 Å². The molecule has 30 heavy (non-hydrogen) atoms. The highest BCUT2D eigenvalue weighted by molar-refractivity contribution is 7.89. The lowest BCUT2D eigenvalue weighted by Gasteiger charge is -2.25. The van der Waals surface area contributed by atoms with Gasteiger partial charge >= 0.3 is 0 Å². The van der Waals surface area contributed by atoms with Gasteiger partial charge in [0.05, 0.1) is 0 Å². The Morgan fingerprint density at radius 3 is 2.17 bits per heavy atom. The summed E-state index contributed by atoms with van der Waals surface area (Å²) < 4.78 is 27.5. The largest absolute Gasteiger partial charge is 0.356 e. The highest BCUT2D eigenvalue weighted by atomic mass is 32.2.